The summed E-state index contributed by atoms with van der Waals surface area (Å²) in [6.07, 6.45) is 3.56. The summed E-state index contributed by atoms with van der Waals surface area (Å²) in [5.74, 6) is 3.45. The molecule has 6 nitrogen and oxygen atoms in total. The Kier molecular flexibility index (Phi) is 7.79. The molecule has 0 N–H and O–H groups in total. The Labute approximate surface area is 207 Å². The predicted molar refractivity (Wildman–Crippen MR) is 138 cm³/mol. The van der Waals surface area contributed by atoms with Crippen molar-refractivity contribution in [2.45, 2.75) is 52.6 Å². The van der Waals surface area contributed by atoms with Crippen molar-refractivity contribution in [3.05, 3.63) is 63.9 Å². The molecule has 4 rings (SSSR count). The lowest BCUT2D eigenvalue weighted by molar-refractivity contribution is 0.183. The van der Waals surface area contributed by atoms with Crippen molar-refractivity contribution in [2.75, 3.05) is 32.2 Å². The summed E-state index contributed by atoms with van der Waals surface area (Å²) in [6, 6.07) is 12.5. The molecular formula is C27H35ClN4O2. The van der Waals surface area contributed by atoms with Crippen LogP contribution in [0.1, 0.15) is 54.6 Å². The number of hydrogen-bond donors (Lipinski definition) is 0. The molecule has 34 heavy (non-hydrogen) atoms. The largest absolute Gasteiger partial charge is 0.496 e. The average Bonchev–Trinajstić information content (AvgIpc) is 3.60. The highest BCUT2D eigenvalue weighted by Gasteiger charge is 2.35. The highest BCUT2D eigenvalue weighted by Crippen LogP contribution is 2.44. The van der Waals surface area contributed by atoms with Gasteiger partial charge >= 0.3 is 0 Å². The van der Waals surface area contributed by atoms with Crippen molar-refractivity contribution >= 4 is 17.5 Å². The van der Waals surface area contributed by atoms with Crippen molar-refractivity contribution in [3.8, 4) is 11.4 Å². The van der Waals surface area contributed by atoms with Crippen molar-refractivity contribution < 1.29 is 9.47 Å². The maximum absolute atomic E-state index is 6.60. The topological polar surface area (TPSA) is 52.4 Å². The van der Waals surface area contributed by atoms with Gasteiger partial charge in [-0.25, -0.2) is 4.68 Å². The third-order valence-electron chi connectivity index (χ3n) is 6.59. The number of methoxy groups -OCH3 is 2. The van der Waals surface area contributed by atoms with E-state index in [1.54, 1.807) is 14.2 Å². The number of anilines is 1. The van der Waals surface area contributed by atoms with E-state index >= 15 is 0 Å². The number of ether oxygens (including phenoxy) is 2. The maximum Gasteiger partial charge on any atom is 0.245 e. The highest BCUT2D eigenvalue weighted by molar-refractivity contribution is 6.32. The lowest BCUT2D eigenvalue weighted by atomic mass is 9.90. The highest BCUT2D eigenvalue weighted by atomic mass is 35.5. The van der Waals surface area contributed by atoms with Gasteiger partial charge in [0.1, 0.15) is 11.6 Å². The van der Waals surface area contributed by atoms with Crippen LogP contribution >= 0.6 is 11.6 Å². The maximum atomic E-state index is 6.60. The van der Waals surface area contributed by atoms with Crippen LogP contribution in [0.15, 0.2) is 36.4 Å². The summed E-state index contributed by atoms with van der Waals surface area (Å²) in [6.45, 7) is 8.60. The monoisotopic (exact) mass is 482 g/mol. The van der Waals surface area contributed by atoms with Crippen molar-refractivity contribution in [3.63, 3.8) is 0 Å². The van der Waals surface area contributed by atoms with E-state index in [2.05, 4.69) is 36.1 Å². The molecule has 1 aromatic heterocycles. The van der Waals surface area contributed by atoms with Crippen LogP contribution in [0.3, 0.4) is 0 Å². The van der Waals surface area contributed by atoms with Gasteiger partial charge in [0.05, 0.1) is 24.4 Å². The smallest absolute Gasteiger partial charge is 0.245 e. The second kappa shape index (κ2) is 10.8. The molecule has 1 aliphatic rings. The number of hydrogen-bond acceptors (Lipinski definition) is 5. The molecule has 0 saturated heterocycles. The van der Waals surface area contributed by atoms with Gasteiger partial charge in [0.15, 0.2) is 0 Å². The molecule has 0 spiro atoms. The lowest BCUT2D eigenvalue weighted by Crippen LogP contribution is -2.31. The zero-order valence-electron chi connectivity index (χ0n) is 20.8. The summed E-state index contributed by atoms with van der Waals surface area (Å²) in [5.41, 5.74) is 4.48. The molecule has 1 atom stereocenters. The Morgan fingerprint density at radius 1 is 1.18 bits per heavy atom. The van der Waals surface area contributed by atoms with Gasteiger partial charge in [-0.05, 0) is 61.8 Å². The van der Waals surface area contributed by atoms with E-state index < -0.39 is 0 Å². The third-order valence-corrected chi connectivity index (χ3v) is 6.89. The van der Waals surface area contributed by atoms with Gasteiger partial charge in [-0.3, -0.25) is 0 Å². The predicted octanol–water partition coefficient (Wildman–Crippen LogP) is 6.10. The van der Waals surface area contributed by atoms with Gasteiger partial charge in [0.2, 0.25) is 5.95 Å². The first-order valence-electron chi connectivity index (χ1n) is 12.1. The van der Waals surface area contributed by atoms with Crippen molar-refractivity contribution in [1.29, 1.82) is 0 Å². The number of nitrogens with zero attached hydrogens (tertiary/aromatic N) is 4. The Bertz CT molecular complexity index is 1130. The van der Waals surface area contributed by atoms with Crippen LogP contribution in [0.5, 0.6) is 5.75 Å². The lowest BCUT2D eigenvalue weighted by Gasteiger charge is -2.28. The molecular weight excluding hydrogens is 448 g/mol. The van der Waals surface area contributed by atoms with Crippen LogP contribution in [0.4, 0.5) is 5.95 Å². The van der Waals surface area contributed by atoms with Gasteiger partial charge < -0.3 is 14.4 Å². The number of halogens is 1. The quantitative estimate of drug-likeness (QED) is 0.330. The molecule has 0 bridgehead atoms. The number of aryl methyl sites for hydroxylation is 2. The Morgan fingerprint density at radius 2 is 1.94 bits per heavy atom. The second-order valence-electron chi connectivity index (χ2n) is 9.17. The minimum Gasteiger partial charge on any atom is -0.496 e. The molecule has 1 aliphatic carbocycles. The molecule has 2 aromatic carbocycles. The van der Waals surface area contributed by atoms with Crippen LogP contribution in [-0.2, 0) is 11.3 Å². The summed E-state index contributed by atoms with van der Waals surface area (Å²) < 4.78 is 12.8. The standard InChI is InChI=1S/C27H35ClN4O2/c1-6-13-31(16-23(20-11-12-20)22-10-8-7-9-21(22)17-33-4)27-29-19(3)32(30-27)25-14-18(2)26(34-5)15-24(25)28/h7-10,14-15,20,23H,6,11-13,16-17H2,1-5H3. The summed E-state index contributed by atoms with van der Waals surface area (Å²) >= 11 is 6.60. The van der Waals surface area contributed by atoms with E-state index in [9.17, 15) is 0 Å². The second-order valence-corrected chi connectivity index (χ2v) is 9.57. The molecule has 1 unspecified atom stereocenters. The normalized spacial score (nSPS) is 14.3. The van der Waals surface area contributed by atoms with Crippen LogP contribution in [0.25, 0.3) is 5.69 Å². The Hall–Kier alpha value is -2.57. The van der Waals surface area contributed by atoms with Gasteiger partial charge in [-0.15, -0.1) is 5.10 Å². The number of benzene rings is 2. The Morgan fingerprint density at radius 3 is 2.62 bits per heavy atom. The van der Waals surface area contributed by atoms with Gasteiger partial charge in [0.25, 0.3) is 0 Å². The average molecular weight is 483 g/mol. The minimum atomic E-state index is 0.428. The fourth-order valence-corrected chi connectivity index (χ4v) is 4.97. The third kappa shape index (κ3) is 5.23. The molecule has 1 saturated carbocycles. The first-order chi connectivity index (χ1) is 16.5. The molecule has 0 radical (unpaired) electrons. The molecule has 1 fully saturated rings. The van der Waals surface area contributed by atoms with E-state index in [1.165, 1.54) is 24.0 Å². The van der Waals surface area contributed by atoms with Crippen LogP contribution in [0.2, 0.25) is 5.02 Å². The number of aromatic nitrogens is 3. The van der Waals surface area contributed by atoms with E-state index in [1.807, 2.05) is 30.7 Å². The van der Waals surface area contributed by atoms with E-state index in [-0.39, 0.29) is 0 Å². The summed E-state index contributed by atoms with van der Waals surface area (Å²) in [5, 5.41) is 5.51. The molecule has 1 heterocycles. The molecule has 3 aromatic rings. The van der Waals surface area contributed by atoms with Gasteiger partial charge in [0, 0.05) is 32.2 Å². The van der Waals surface area contributed by atoms with E-state index in [0.717, 1.165) is 48.3 Å². The van der Waals surface area contributed by atoms with Crippen molar-refractivity contribution in [2.24, 2.45) is 5.92 Å². The van der Waals surface area contributed by atoms with Gasteiger partial charge in [-0.2, -0.15) is 4.98 Å². The summed E-state index contributed by atoms with van der Waals surface area (Å²) in [4.78, 5) is 7.20. The number of rotatable bonds is 11. The Balaban J connectivity index is 1.67. The van der Waals surface area contributed by atoms with Crippen LogP contribution in [-0.4, -0.2) is 42.1 Å². The van der Waals surface area contributed by atoms with E-state index in [4.69, 9.17) is 31.2 Å². The fraction of sp³-hybridized carbons (Fsp3) is 0.481. The molecule has 0 amide bonds. The first-order valence-corrected chi connectivity index (χ1v) is 12.4. The zero-order valence-corrected chi connectivity index (χ0v) is 21.6. The zero-order chi connectivity index (χ0) is 24.2. The van der Waals surface area contributed by atoms with Crippen LogP contribution < -0.4 is 9.64 Å². The van der Waals surface area contributed by atoms with Gasteiger partial charge in [-0.1, -0.05) is 42.8 Å². The first kappa shape index (κ1) is 24.6. The summed E-state index contributed by atoms with van der Waals surface area (Å²) in [7, 11) is 3.42. The molecule has 182 valence electrons. The van der Waals surface area contributed by atoms with E-state index in [0.29, 0.717) is 23.5 Å². The van der Waals surface area contributed by atoms with Crippen LogP contribution in [0, 0.1) is 19.8 Å². The SMILES string of the molecule is CCCN(CC(c1ccccc1COC)C1CC1)c1nc(C)n(-c2cc(C)c(OC)cc2Cl)n1. The molecule has 0 aliphatic heterocycles. The van der Waals surface area contributed by atoms with Crippen molar-refractivity contribution in [1.82, 2.24) is 14.8 Å². The molecule has 7 heteroatoms. The minimum absolute atomic E-state index is 0.428. The fourth-order valence-electron chi connectivity index (χ4n) is 4.73.